The minimum absolute atomic E-state index is 0.120. The molecule has 1 spiro atoms. The second-order valence-electron chi connectivity index (χ2n) is 9.52. The predicted molar refractivity (Wildman–Crippen MR) is 114 cm³/mol. The van der Waals surface area contributed by atoms with Gasteiger partial charge in [0.1, 0.15) is 11.6 Å². The number of likely N-dealkylation sites (tertiary alicyclic amines) is 1. The Morgan fingerprint density at radius 1 is 1.13 bits per heavy atom. The van der Waals surface area contributed by atoms with Crippen molar-refractivity contribution in [1.82, 2.24) is 15.5 Å². The van der Waals surface area contributed by atoms with E-state index >= 15 is 0 Å². The fourth-order valence-corrected chi connectivity index (χ4v) is 6.59. The lowest BCUT2D eigenvalue weighted by Crippen LogP contribution is -2.55. The maximum absolute atomic E-state index is 13.7. The lowest BCUT2D eigenvalue weighted by atomic mass is 9.74. The molecule has 2 saturated carbocycles. The number of thiophene rings is 1. The molecular formula is C23H27N3O4S. The molecule has 0 unspecified atom stereocenters. The van der Waals surface area contributed by atoms with Crippen LogP contribution in [0.25, 0.3) is 0 Å². The van der Waals surface area contributed by atoms with Crippen molar-refractivity contribution >= 4 is 29.1 Å². The number of nitrogens with zero attached hydrogens (tertiary/aromatic N) is 1. The molecule has 164 valence electrons. The maximum atomic E-state index is 13.7. The van der Waals surface area contributed by atoms with Crippen molar-refractivity contribution in [2.45, 2.75) is 74.9 Å². The standard InChI is InChI=1S/C23H27N3O4S/c27-20(24-14-7-8-14)17-16-9-10-23(30-16)18(17)22(29)26(12-15-6-3-11-31-15)19(23)21(28)25-13-4-1-2-5-13/h3,6,9-11,13-14,16-19H,1-2,4-5,7-8,12H2,(H,24,27)(H,25,28)/t16-,17-,18+,19+,23-/m1/s1. The highest BCUT2D eigenvalue weighted by Crippen LogP contribution is 2.55. The monoisotopic (exact) mass is 441 g/mol. The predicted octanol–water partition coefficient (Wildman–Crippen LogP) is 1.74. The molecule has 7 nitrogen and oxygen atoms in total. The van der Waals surface area contributed by atoms with Gasteiger partial charge in [0.15, 0.2) is 0 Å². The van der Waals surface area contributed by atoms with Crippen LogP contribution >= 0.6 is 11.3 Å². The van der Waals surface area contributed by atoms with Crippen molar-refractivity contribution in [3.63, 3.8) is 0 Å². The van der Waals surface area contributed by atoms with Crippen LogP contribution < -0.4 is 10.6 Å². The van der Waals surface area contributed by atoms with Crippen molar-refractivity contribution in [2.24, 2.45) is 11.8 Å². The average molecular weight is 442 g/mol. The van der Waals surface area contributed by atoms with E-state index in [1.165, 1.54) is 0 Å². The fraction of sp³-hybridized carbons (Fsp3) is 0.609. The molecule has 5 atom stereocenters. The molecule has 2 N–H and O–H groups in total. The zero-order chi connectivity index (χ0) is 21.2. The molecule has 2 aliphatic carbocycles. The molecule has 3 amide bonds. The molecule has 0 aromatic carbocycles. The highest BCUT2D eigenvalue weighted by Gasteiger charge is 2.72. The zero-order valence-corrected chi connectivity index (χ0v) is 18.1. The summed E-state index contributed by atoms with van der Waals surface area (Å²) in [6, 6.07) is 3.53. The molecule has 4 fully saturated rings. The summed E-state index contributed by atoms with van der Waals surface area (Å²) >= 11 is 1.56. The van der Waals surface area contributed by atoms with E-state index in [1.807, 2.05) is 29.7 Å². The highest BCUT2D eigenvalue weighted by atomic mass is 32.1. The first-order valence-electron chi connectivity index (χ1n) is 11.4. The summed E-state index contributed by atoms with van der Waals surface area (Å²) in [5.74, 6) is -1.66. The van der Waals surface area contributed by atoms with Crippen LogP contribution in [0, 0.1) is 11.8 Å². The van der Waals surface area contributed by atoms with Gasteiger partial charge in [-0.15, -0.1) is 11.3 Å². The van der Waals surface area contributed by atoms with E-state index < -0.39 is 29.6 Å². The third-order valence-electron chi connectivity index (χ3n) is 7.46. The van der Waals surface area contributed by atoms with Crippen molar-refractivity contribution in [2.75, 3.05) is 0 Å². The Kier molecular flexibility index (Phi) is 4.51. The van der Waals surface area contributed by atoms with Crippen LogP contribution in [0.5, 0.6) is 0 Å². The second kappa shape index (κ2) is 7.17. The van der Waals surface area contributed by atoms with Crippen molar-refractivity contribution in [3.05, 3.63) is 34.5 Å². The van der Waals surface area contributed by atoms with E-state index in [9.17, 15) is 14.4 Å². The third-order valence-corrected chi connectivity index (χ3v) is 8.32. The van der Waals surface area contributed by atoms with Crippen LogP contribution in [-0.4, -0.2) is 52.5 Å². The number of carbonyl (C=O) groups is 3. The first-order chi connectivity index (χ1) is 15.1. The van der Waals surface area contributed by atoms with E-state index in [-0.39, 0.29) is 29.8 Å². The Bertz CT molecular complexity index is 937. The van der Waals surface area contributed by atoms with E-state index in [1.54, 1.807) is 16.2 Å². The van der Waals surface area contributed by atoms with Gasteiger partial charge in [-0.3, -0.25) is 14.4 Å². The molecule has 8 heteroatoms. The molecule has 5 aliphatic rings. The molecule has 2 saturated heterocycles. The minimum Gasteiger partial charge on any atom is -0.359 e. The van der Waals surface area contributed by atoms with Crippen molar-refractivity contribution in [3.8, 4) is 0 Å². The molecule has 1 aromatic heterocycles. The number of fused-ring (bicyclic) bond motifs is 1. The number of amides is 3. The highest BCUT2D eigenvalue weighted by molar-refractivity contribution is 7.09. The third kappa shape index (κ3) is 3.06. The molecule has 0 radical (unpaired) electrons. The van der Waals surface area contributed by atoms with Gasteiger partial charge in [-0.25, -0.2) is 0 Å². The maximum Gasteiger partial charge on any atom is 0.246 e. The molecule has 31 heavy (non-hydrogen) atoms. The second-order valence-corrected chi connectivity index (χ2v) is 10.6. The molecular weight excluding hydrogens is 414 g/mol. The van der Waals surface area contributed by atoms with Gasteiger partial charge in [-0.05, 0) is 37.1 Å². The van der Waals surface area contributed by atoms with Gasteiger partial charge in [0, 0.05) is 17.0 Å². The Labute approximate surface area is 185 Å². The summed E-state index contributed by atoms with van der Waals surface area (Å²) < 4.78 is 6.35. The smallest absolute Gasteiger partial charge is 0.246 e. The van der Waals surface area contributed by atoms with Crippen LogP contribution in [0.2, 0.25) is 0 Å². The number of carbonyl (C=O) groups excluding carboxylic acids is 3. The van der Waals surface area contributed by atoms with Gasteiger partial charge in [0.2, 0.25) is 17.7 Å². The Balaban J connectivity index is 1.34. The fourth-order valence-electron chi connectivity index (χ4n) is 5.88. The first kappa shape index (κ1) is 19.5. The minimum atomic E-state index is -1.06. The lowest BCUT2D eigenvalue weighted by molar-refractivity contribution is -0.142. The van der Waals surface area contributed by atoms with E-state index in [0.717, 1.165) is 43.4 Å². The van der Waals surface area contributed by atoms with Gasteiger partial charge in [0.25, 0.3) is 0 Å². The van der Waals surface area contributed by atoms with Gasteiger partial charge in [-0.1, -0.05) is 31.1 Å². The van der Waals surface area contributed by atoms with Crippen molar-refractivity contribution < 1.29 is 19.1 Å². The van der Waals surface area contributed by atoms with E-state index in [2.05, 4.69) is 10.6 Å². The topological polar surface area (TPSA) is 87.7 Å². The number of hydrogen-bond acceptors (Lipinski definition) is 5. The van der Waals surface area contributed by atoms with Crippen LogP contribution in [0.3, 0.4) is 0 Å². The molecule has 6 rings (SSSR count). The van der Waals surface area contributed by atoms with Gasteiger partial charge >= 0.3 is 0 Å². The number of ether oxygens (including phenoxy) is 1. The summed E-state index contributed by atoms with van der Waals surface area (Å²) in [6.07, 6.45) is 9.46. The molecule has 2 bridgehead atoms. The lowest BCUT2D eigenvalue weighted by Gasteiger charge is -2.32. The van der Waals surface area contributed by atoms with Crippen LogP contribution in [-0.2, 0) is 25.7 Å². The summed E-state index contributed by atoms with van der Waals surface area (Å²) in [4.78, 5) is 43.0. The van der Waals surface area contributed by atoms with E-state index in [0.29, 0.717) is 6.54 Å². The molecule has 3 aliphatic heterocycles. The van der Waals surface area contributed by atoms with Crippen LogP contribution in [0.1, 0.15) is 43.4 Å². The van der Waals surface area contributed by atoms with Crippen LogP contribution in [0.15, 0.2) is 29.7 Å². The summed E-state index contributed by atoms with van der Waals surface area (Å²) in [5.41, 5.74) is -1.06. The number of rotatable bonds is 6. The van der Waals surface area contributed by atoms with Gasteiger partial charge in [-0.2, -0.15) is 0 Å². The van der Waals surface area contributed by atoms with Gasteiger partial charge < -0.3 is 20.3 Å². The van der Waals surface area contributed by atoms with E-state index in [4.69, 9.17) is 4.74 Å². The average Bonchev–Trinajstić information content (AvgIpc) is 3.24. The molecule has 4 heterocycles. The zero-order valence-electron chi connectivity index (χ0n) is 17.3. The number of hydrogen-bond donors (Lipinski definition) is 2. The largest absolute Gasteiger partial charge is 0.359 e. The summed E-state index contributed by atoms with van der Waals surface area (Å²) in [7, 11) is 0. The summed E-state index contributed by atoms with van der Waals surface area (Å²) in [5, 5.41) is 8.20. The summed E-state index contributed by atoms with van der Waals surface area (Å²) in [6.45, 7) is 0.357. The van der Waals surface area contributed by atoms with Crippen LogP contribution in [0.4, 0.5) is 0 Å². The first-order valence-corrected chi connectivity index (χ1v) is 12.3. The Morgan fingerprint density at radius 3 is 2.58 bits per heavy atom. The quantitative estimate of drug-likeness (QED) is 0.659. The Hall–Kier alpha value is -2.19. The SMILES string of the molecule is O=C(NC1CC1)[C@H]1[C@H]2C(=O)N(Cc3cccs3)[C@@H](C(=O)NC3CCCC3)[C@@]23C=C[C@H]1O3. The van der Waals surface area contributed by atoms with Gasteiger partial charge in [0.05, 0.1) is 24.5 Å². The molecule has 1 aromatic rings. The Morgan fingerprint density at radius 2 is 1.87 bits per heavy atom. The number of nitrogens with one attached hydrogen (secondary N) is 2. The van der Waals surface area contributed by atoms with Crippen molar-refractivity contribution in [1.29, 1.82) is 0 Å². The normalized spacial score (nSPS) is 36.3.